The monoisotopic (exact) mass is 171 g/mol. The topological polar surface area (TPSA) is 26.0 Å². The first-order chi connectivity index (χ1) is 5.31. The maximum atomic E-state index is 5.63. The summed E-state index contributed by atoms with van der Waals surface area (Å²) < 4.78 is 0. The summed E-state index contributed by atoms with van der Waals surface area (Å²) >= 11 is 0. The Morgan fingerprint density at radius 3 is 2.00 bits per heavy atom. The average molecular weight is 171 g/mol. The van der Waals surface area contributed by atoms with E-state index in [-0.39, 0.29) is 0 Å². The van der Waals surface area contributed by atoms with Crippen molar-refractivity contribution in [2.45, 2.75) is 44.2 Å². The maximum absolute atomic E-state index is 5.63. The molecule has 1 fully saturated rings. The maximum Gasteiger partial charge on any atom is 0.00753 e. The smallest absolute Gasteiger partial charge is 0.00753 e. The minimum Gasteiger partial charge on any atom is -0.328 e. The van der Waals surface area contributed by atoms with Gasteiger partial charge in [0.25, 0.3) is 0 Å². The van der Waals surface area contributed by atoms with E-state index in [0.717, 1.165) is 0 Å². The van der Waals surface area contributed by atoms with Gasteiger partial charge in [0.15, 0.2) is 0 Å². The van der Waals surface area contributed by atoms with Gasteiger partial charge in [0, 0.05) is 16.3 Å². The molecule has 2 N–H and O–H groups in total. The van der Waals surface area contributed by atoms with E-state index in [4.69, 9.17) is 5.73 Å². The first-order valence-electron chi connectivity index (χ1n) is 4.67. The average Bonchev–Trinajstić information content (AvgIpc) is 2.07. The van der Waals surface area contributed by atoms with Crippen LogP contribution in [0, 0.1) is 0 Å². The Labute approximate surface area is 73.5 Å². The zero-order valence-corrected chi connectivity index (χ0v) is 9.68. The fourth-order valence-corrected chi connectivity index (χ4v) is 1.13. The predicted molar refractivity (Wildman–Crippen MR) is 56.0 cm³/mol. The summed E-state index contributed by atoms with van der Waals surface area (Å²) in [5.41, 5.74) is 5.63. The Kier molecular flexibility index (Phi) is 7.96. The Bertz CT molecular complexity index is 87.6. The van der Waals surface area contributed by atoms with Crippen LogP contribution in [-0.4, -0.2) is 16.3 Å². The molecule has 0 radical (unpaired) electrons. The molecule has 0 unspecified atom stereocenters. The van der Waals surface area contributed by atoms with Gasteiger partial charge in [-0.1, -0.05) is 25.3 Å². The molecule has 1 rings (SSSR count). The van der Waals surface area contributed by atoms with Crippen LogP contribution in [-0.2, 0) is 0 Å². The summed E-state index contributed by atoms with van der Waals surface area (Å²) in [7, 11) is 1.27. The molecule has 1 saturated carbocycles. The standard InChI is InChI=1S/C6H13N.C3H8Si/c7-6-4-2-1-3-5-6;1-2-3-4/h6H,1-5,7H2;2H,1,3H2,4H3. The molecular weight excluding hydrogens is 150 g/mol. The van der Waals surface area contributed by atoms with Gasteiger partial charge in [0.2, 0.25) is 0 Å². The summed E-state index contributed by atoms with van der Waals surface area (Å²) in [5.74, 6) is 0. The highest BCUT2D eigenvalue weighted by atomic mass is 28.1. The van der Waals surface area contributed by atoms with Gasteiger partial charge in [0.1, 0.15) is 0 Å². The van der Waals surface area contributed by atoms with E-state index >= 15 is 0 Å². The minimum atomic E-state index is 0.536. The van der Waals surface area contributed by atoms with E-state index in [1.54, 1.807) is 0 Å². The number of nitrogens with two attached hydrogens (primary N) is 1. The van der Waals surface area contributed by atoms with E-state index in [1.165, 1.54) is 48.4 Å². The highest BCUT2D eigenvalue weighted by Gasteiger charge is 2.06. The molecule has 2 heteroatoms. The third kappa shape index (κ3) is 7.82. The molecule has 0 aromatic carbocycles. The van der Waals surface area contributed by atoms with E-state index in [2.05, 4.69) is 6.58 Å². The first-order valence-corrected chi connectivity index (χ1v) is 6.09. The lowest BCUT2D eigenvalue weighted by molar-refractivity contribution is 0.441. The third-order valence-corrected chi connectivity index (χ3v) is 2.52. The molecule has 0 amide bonds. The molecule has 0 saturated heterocycles. The molecule has 0 atom stereocenters. The Morgan fingerprint density at radius 2 is 1.82 bits per heavy atom. The lowest BCUT2D eigenvalue weighted by atomic mass is 9.97. The highest BCUT2D eigenvalue weighted by molar-refractivity contribution is 6.09. The van der Waals surface area contributed by atoms with Gasteiger partial charge < -0.3 is 5.73 Å². The molecule has 0 aliphatic heterocycles. The van der Waals surface area contributed by atoms with Crippen LogP contribution in [0.1, 0.15) is 32.1 Å². The zero-order chi connectivity index (χ0) is 8.53. The van der Waals surface area contributed by atoms with Gasteiger partial charge in [-0.15, -0.1) is 6.58 Å². The van der Waals surface area contributed by atoms with Crippen LogP contribution in [0.4, 0.5) is 0 Å². The first kappa shape index (κ1) is 10.9. The molecule has 11 heavy (non-hydrogen) atoms. The Morgan fingerprint density at radius 1 is 1.36 bits per heavy atom. The summed E-state index contributed by atoms with van der Waals surface area (Å²) in [4.78, 5) is 0. The quantitative estimate of drug-likeness (QED) is 0.466. The molecule has 1 aliphatic carbocycles. The molecule has 0 aromatic heterocycles. The van der Waals surface area contributed by atoms with Crippen LogP contribution in [0.2, 0.25) is 6.04 Å². The van der Waals surface area contributed by atoms with Gasteiger partial charge in [-0.3, -0.25) is 0 Å². The molecule has 1 aliphatic rings. The minimum absolute atomic E-state index is 0.536. The van der Waals surface area contributed by atoms with Gasteiger partial charge in [0.05, 0.1) is 0 Å². The number of allylic oxidation sites excluding steroid dienone is 1. The van der Waals surface area contributed by atoms with Crippen molar-refractivity contribution in [3.05, 3.63) is 12.7 Å². The lowest BCUT2D eigenvalue weighted by Gasteiger charge is -2.15. The van der Waals surface area contributed by atoms with Gasteiger partial charge in [-0.2, -0.15) is 0 Å². The van der Waals surface area contributed by atoms with Crippen molar-refractivity contribution in [3.63, 3.8) is 0 Å². The molecule has 0 aromatic rings. The van der Waals surface area contributed by atoms with Crippen LogP contribution < -0.4 is 5.73 Å². The summed E-state index contributed by atoms with van der Waals surface area (Å²) in [6.07, 6.45) is 8.60. The van der Waals surface area contributed by atoms with Crippen LogP contribution in [0.3, 0.4) is 0 Å². The molecule has 0 bridgehead atoms. The van der Waals surface area contributed by atoms with Crippen molar-refractivity contribution in [2.75, 3.05) is 0 Å². The van der Waals surface area contributed by atoms with Gasteiger partial charge in [-0.05, 0) is 18.9 Å². The molecular formula is C9H21NSi. The highest BCUT2D eigenvalue weighted by Crippen LogP contribution is 2.14. The number of hydrogen-bond acceptors (Lipinski definition) is 1. The predicted octanol–water partition coefficient (Wildman–Crippen LogP) is 1.23. The second kappa shape index (κ2) is 8.02. The van der Waals surface area contributed by atoms with Crippen molar-refractivity contribution in [1.29, 1.82) is 0 Å². The molecule has 0 spiro atoms. The fourth-order valence-electron chi connectivity index (χ4n) is 1.13. The lowest BCUT2D eigenvalue weighted by Crippen LogP contribution is -2.22. The van der Waals surface area contributed by atoms with Crippen LogP contribution in [0.15, 0.2) is 12.7 Å². The van der Waals surface area contributed by atoms with Crippen LogP contribution >= 0.6 is 0 Å². The van der Waals surface area contributed by atoms with Crippen LogP contribution in [0.25, 0.3) is 0 Å². The zero-order valence-electron chi connectivity index (χ0n) is 7.68. The Balaban J connectivity index is 0.000000218. The second-order valence-electron chi connectivity index (χ2n) is 3.10. The van der Waals surface area contributed by atoms with Crippen molar-refractivity contribution in [3.8, 4) is 0 Å². The van der Waals surface area contributed by atoms with E-state index in [0.29, 0.717) is 6.04 Å². The third-order valence-electron chi connectivity index (χ3n) is 1.94. The van der Waals surface area contributed by atoms with E-state index in [9.17, 15) is 0 Å². The molecule has 1 nitrogen and oxygen atoms in total. The SMILES string of the molecule is C=CC[SiH3].NC1CCCCC1. The fraction of sp³-hybridized carbons (Fsp3) is 0.778. The molecule has 66 valence electrons. The van der Waals surface area contributed by atoms with Gasteiger partial charge >= 0.3 is 0 Å². The number of rotatable bonds is 1. The summed E-state index contributed by atoms with van der Waals surface area (Å²) in [6, 6.07) is 1.76. The summed E-state index contributed by atoms with van der Waals surface area (Å²) in [6.45, 7) is 3.51. The van der Waals surface area contributed by atoms with Crippen molar-refractivity contribution >= 4 is 10.2 Å². The van der Waals surface area contributed by atoms with Crippen LogP contribution in [0.5, 0.6) is 0 Å². The Hall–Kier alpha value is -0.0831. The summed E-state index contributed by atoms with van der Waals surface area (Å²) in [5, 5.41) is 0. The van der Waals surface area contributed by atoms with Crippen molar-refractivity contribution in [2.24, 2.45) is 5.73 Å². The van der Waals surface area contributed by atoms with Gasteiger partial charge in [-0.25, -0.2) is 0 Å². The second-order valence-corrected chi connectivity index (χ2v) is 3.91. The normalized spacial score (nSPS) is 18.6. The molecule has 0 heterocycles. The van der Waals surface area contributed by atoms with E-state index in [1.807, 2.05) is 6.08 Å². The van der Waals surface area contributed by atoms with Crippen molar-refractivity contribution in [1.82, 2.24) is 0 Å². The largest absolute Gasteiger partial charge is 0.328 e. The van der Waals surface area contributed by atoms with Crippen molar-refractivity contribution < 1.29 is 0 Å². The van der Waals surface area contributed by atoms with E-state index < -0.39 is 0 Å². The number of hydrogen-bond donors (Lipinski definition) is 1.